The van der Waals surface area contributed by atoms with Gasteiger partial charge >= 0.3 is 0 Å². The number of hydrogen-bond acceptors (Lipinski definition) is 4. The average Bonchev–Trinajstić information content (AvgIpc) is 2.41. The Balaban J connectivity index is 2.52. The first-order chi connectivity index (χ1) is 9.70. The fourth-order valence-corrected chi connectivity index (χ4v) is 1.35. The molecule has 1 atom stereocenters. The summed E-state index contributed by atoms with van der Waals surface area (Å²) in [5, 5.41) is 12.4. The molecule has 0 spiro atoms. The van der Waals surface area contributed by atoms with Crippen LogP contribution in [0.1, 0.15) is 31.1 Å². The lowest BCUT2D eigenvalue weighted by Gasteiger charge is -2.25. The van der Waals surface area contributed by atoms with E-state index in [1.165, 1.54) is 18.3 Å². The van der Waals surface area contributed by atoms with Crippen LogP contribution in [-0.4, -0.2) is 41.7 Å². The molecule has 0 radical (unpaired) electrons. The van der Waals surface area contributed by atoms with Crippen LogP contribution in [0, 0.1) is 5.41 Å². The number of aliphatic hydroxyl groups is 1. The molecule has 1 rings (SSSR count). The third kappa shape index (κ3) is 6.03. The SMILES string of the molecule is CC(C)(C)C(O)CNC(=O)c1ccc(OCC(F)F)nc1. The monoisotopic (exact) mass is 302 g/mol. The van der Waals surface area contributed by atoms with Gasteiger partial charge in [-0.25, -0.2) is 13.8 Å². The smallest absolute Gasteiger partial charge is 0.272 e. The molecule has 5 nitrogen and oxygen atoms in total. The predicted molar refractivity (Wildman–Crippen MR) is 73.5 cm³/mol. The third-order valence-electron chi connectivity index (χ3n) is 2.81. The summed E-state index contributed by atoms with van der Waals surface area (Å²) in [6.45, 7) is 4.96. The molecular weight excluding hydrogens is 282 g/mol. The number of aromatic nitrogens is 1. The minimum Gasteiger partial charge on any atom is -0.472 e. The van der Waals surface area contributed by atoms with Crippen LogP contribution in [0.15, 0.2) is 18.3 Å². The Morgan fingerprint density at radius 1 is 1.43 bits per heavy atom. The number of ether oxygens (including phenoxy) is 1. The Labute approximate surface area is 122 Å². The van der Waals surface area contributed by atoms with Crippen LogP contribution in [0.2, 0.25) is 0 Å². The van der Waals surface area contributed by atoms with Gasteiger partial charge in [-0.1, -0.05) is 20.8 Å². The van der Waals surface area contributed by atoms with Crippen molar-refractivity contribution in [2.45, 2.75) is 33.3 Å². The highest BCUT2D eigenvalue weighted by molar-refractivity contribution is 5.93. The number of aliphatic hydroxyl groups excluding tert-OH is 1. The molecular formula is C14H20F2N2O3. The molecule has 1 aromatic heterocycles. The minimum atomic E-state index is -2.58. The van der Waals surface area contributed by atoms with E-state index in [0.717, 1.165) is 0 Å². The number of alkyl halides is 2. The molecule has 21 heavy (non-hydrogen) atoms. The van der Waals surface area contributed by atoms with Crippen LogP contribution in [0.5, 0.6) is 5.88 Å². The maximum Gasteiger partial charge on any atom is 0.272 e. The summed E-state index contributed by atoms with van der Waals surface area (Å²) in [4.78, 5) is 15.6. The molecule has 0 saturated carbocycles. The molecule has 0 aliphatic rings. The minimum absolute atomic E-state index is 0.0292. The molecule has 1 unspecified atom stereocenters. The van der Waals surface area contributed by atoms with E-state index in [2.05, 4.69) is 10.3 Å². The Morgan fingerprint density at radius 2 is 2.10 bits per heavy atom. The van der Waals surface area contributed by atoms with E-state index in [1.54, 1.807) is 0 Å². The lowest BCUT2D eigenvalue weighted by molar-refractivity contribution is 0.0586. The predicted octanol–water partition coefficient (Wildman–Crippen LogP) is 1.86. The summed E-state index contributed by atoms with van der Waals surface area (Å²) >= 11 is 0. The number of pyridine rings is 1. The highest BCUT2D eigenvalue weighted by Gasteiger charge is 2.22. The van der Waals surface area contributed by atoms with Crippen LogP contribution >= 0.6 is 0 Å². The molecule has 1 heterocycles. The van der Waals surface area contributed by atoms with Crippen LogP contribution in [0.3, 0.4) is 0 Å². The van der Waals surface area contributed by atoms with Gasteiger partial charge < -0.3 is 15.2 Å². The molecule has 0 aromatic carbocycles. The van der Waals surface area contributed by atoms with Gasteiger partial charge in [0.25, 0.3) is 12.3 Å². The first-order valence-electron chi connectivity index (χ1n) is 6.53. The third-order valence-corrected chi connectivity index (χ3v) is 2.81. The summed E-state index contributed by atoms with van der Waals surface area (Å²) < 4.78 is 28.6. The summed E-state index contributed by atoms with van der Waals surface area (Å²) in [6, 6.07) is 2.77. The number of rotatable bonds is 6. The molecule has 0 fully saturated rings. The maximum atomic E-state index is 12.0. The number of carbonyl (C=O) groups excluding carboxylic acids is 1. The van der Waals surface area contributed by atoms with Gasteiger partial charge in [0.2, 0.25) is 5.88 Å². The van der Waals surface area contributed by atoms with E-state index in [9.17, 15) is 18.7 Å². The van der Waals surface area contributed by atoms with E-state index in [0.29, 0.717) is 0 Å². The second-order valence-electron chi connectivity index (χ2n) is 5.68. The fourth-order valence-electron chi connectivity index (χ4n) is 1.35. The molecule has 1 aromatic rings. The number of nitrogens with zero attached hydrogens (tertiary/aromatic N) is 1. The van der Waals surface area contributed by atoms with Gasteiger partial charge in [0, 0.05) is 18.8 Å². The molecule has 118 valence electrons. The molecule has 0 bridgehead atoms. The Morgan fingerprint density at radius 3 is 2.57 bits per heavy atom. The number of hydrogen-bond donors (Lipinski definition) is 2. The Kier molecular flexibility index (Phi) is 6.02. The normalized spacial score (nSPS) is 13.1. The van der Waals surface area contributed by atoms with Gasteiger partial charge in [-0.15, -0.1) is 0 Å². The highest BCUT2D eigenvalue weighted by Crippen LogP contribution is 2.18. The first-order valence-corrected chi connectivity index (χ1v) is 6.53. The van der Waals surface area contributed by atoms with Crippen molar-refractivity contribution in [1.29, 1.82) is 0 Å². The molecule has 1 amide bonds. The zero-order chi connectivity index (χ0) is 16.0. The standard InChI is InChI=1S/C14H20F2N2O3/c1-14(2,3)10(19)7-18-13(20)9-4-5-12(17-6-9)21-8-11(15)16/h4-6,10-11,19H,7-8H2,1-3H3,(H,18,20). The van der Waals surface area contributed by atoms with Crippen LogP contribution in [0.4, 0.5) is 8.78 Å². The molecule has 7 heteroatoms. The van der Waals surface area contributed by atoms with E-state index in [4.69, 9.17) is 4.74 Å². The second kappa shape index (κ2) is 7.31. The van der Waals surface area contributed by atoms with Crippen molar-refractivity contribution in [3.63, 3.8) is 0 Å². The highest BCUT2D eigenvalue weighted by atomic mass is 19.3. The van der Waals surface area contributed by atoms with Crippen LogP contribution in [0.25, 0.3) is 0 Å². The van der Waals surface area contributed by atoms with Crippen LogP contribution in [-0.2, 0) is 0 Å². The van der Waals surface area contributed by atoms with Crippen LogP contribution < -0.4 is 10.1 Å². The maximum absolute atomic E-state index is 12.0. The van der Waals surface area contributed by atoms with Gasteiger partial charge in [-0.2, -0.15) is 0 Å². The number of carbonyl (C=O) groups is 1. The van der Waals surface area contributed by atoms with Crippen molar-refractivity contribution >= 4 is 5.91 Å². The van der Waals surface area contributed by atoms with Gasteiger partial charge in [-0.05, 0) is 11.5 Å². The zero-order valence-corrected chi connectivity index (χ0v) is 12.3. The summed E-state index contributed by atoms with van der Waals surface area (Å²) in [6.07, 6.45) is -2.02. The van der Waals surface area contributed by atoms with Gasteiger partial charge in [-0.3, -0.25) is 4.79 Å². The topological polar surface area (TPSA) is 71.5 Å². The van der Waals surface area contributed by atoms with E-state index < -0.39 is 25.0 Å². The van der Waals surface area contributed by atoms with Crippen molar-refractivity contribution in [1.82, 2.24) is 10.3 Å². The Hall–Kier alpha value is -1.76. The fraction of sp³-hybridized carbons (Fsp3) is 0.571. The molecule has 2 N–H and O–H groups in total. The quantitative estimate of drug-likeness (QED) is 0.841. The van der Waals surface area contributed by atoms with Crippen molar-refractivity contribution in [3.05, 3.63) is 23.9 Å². The van der Waals surface area contributed by atoms with Gasteiger partial charge in [0.05, 0.1) is 11.7 Å². The first kappa shape index (κ1) is 17.3. The van der Waals surface area contributed by atoms with Crippen molar-refractivity contribution in [2.75, 3.05) is 13.2 Å². The summed E-state index contributed by atoms with van der Waals surface area (Å²) in [7, 11) is 0. The largest absolute Gasteiger partial charge is 0.472 e. The summed E-state index contributed by atoms with van der Waals surface area (Å²) in [5.74, 6) is -0.368. The lowest BCUT2D eigenvalue weighted by atomic mass is 9.89. The van der Waals surface area contributed by atoms with E-state index in [1.807, 2.05) is 20.8 Å². The molecule has 0 saturated heterocycles. The average molecular weight is 302 g/mol. The zero-order valence-electron chi connectivity index (χ0n) is 12.3. The van der Waals surface area contributed by atoms with E-state index in [-0.39, 0.29) is 23.4 Å². The Bertz CT molecular complexity index is 458. The molecule has 0 aliphatic heterocycles. The number of amides is 1. The second-order valence-corrected chi connectivity index (χ2v) is 5.68. The number of nitrogens with one attached hydrogen (secondary N) is 1. The molecule has 0 aliphatic carbocycles. The summed E-state index contributed by atoms with van der Waals surface area (Å²) in [5.41, 5.74) is -0.0705. The van der Waals surface area contributed by atoms with Crippen molar-refractivity contribution < 1.29 is 23.4 Å². The van der Waals surface area contributed by atoms with E-state index >= 15 is 0 Å². The van der Waals surface area contributed by atoms with Crippen molar-refractivity contribution in [2.24, 2.45) is 5.41 Å². The van der Waals surface area contributed by atoms with Crippen molar-refractivity contribution in [3.8, 4) is 5.88 Å². The number of halogens is 2. The van der Waals surface area contributed by atoms with Gasteiger partial charge in [0.1, 0.15) is 0 Å². The lowest BCUT2D eigenvalue weighted by Crippen LogP contribution is -2.39. The van der Waals surface area contributed by atoms with Gasteiger partial charge in [0.15, 0.2) is 6.61 Å².